The molecule has 0 radical (unpaired) electrons. The van der Waals surface area contributed by atoms with Crippen LogP contribution in [0.3, 0.4) is 0 Å². The van der Waals surface area contributed by atoms with Crippen LogP contribution in [0.25, 0.3) is 49.7 Å². The largest absolute Gasteiger partial charge is 0.458 e. The number of benzene rings is 6. The zero-order valence-corrected chi connectivity index (χ0v) is 24.6. The lowest BCUT2D eigenvalue weighted by molar-refractivity contribution is 0.486. The highest BCUT2D eigenvalue weighted by molar-refractivity contribution is 6.99. The molecule has 0 aliphatic carbocycles. The molecule has 0 atom stereocenters. The number of hydrogen-bond acceptors (Lipinski definition) is 1. The molecule has 2 aliphatic rings. The second-order valence-corrected chi connectivity index (χ2v) is 13.0. The van der Waals surface area contributed by atoms with E-state index in [0.717, 1.165) is 11.5 Å². The molecule has 2 aliphatic heterocycles. The summed E-state index contributed by atoms with van der Waals surface area (Å²) in [5.74, 6) is 1.90. The molecule has 9 rings (SSSR count). The van der Waals surface area contributed by atoms with Crippen molar-refractivity contribution in [3.8, 4) is 39.4 Å². The minimum absolute atomic E-state index is 0.0352. The number of fused-ring (bicyclic) bond motifs is 7. The zero-order valence-electron chi connectivity index (χ0n) is 24.6. The van der Waals surface area contributed by atoms with Crippen molar-refractivity contribution in [3.05, 3.63) is 133 Å². The van der Waals surface area contributed by atoms with E-state index in [1.54, 1.807) is 0 Å². The van der Waals surface area contributed by atoms with Crippen molar-refractivity contribution in [3.63, 3.8) is 0 Å². The van der Waals surface area contributed by atoms with Gasteiger partial charge < -0.3 is 9.30 Å². The van der Waals surface area contributed by atoms with Crippen LogP contribution in [0.15, 0.2) is 127 Å². The van der Waals surface area contributed by atoms with E-state index in [1.165, 1.54) is 71.7 Å². The van der Waals surface area contributed by atoms with Crippen LogP contribution in [0.2, 0.25) is 0 Å². The maximum absolute atomic E-state index is 6.67. The average molecular weight is 551 g/mol. The van der Waals surface area contributed by atoms with Crippen LogP contribution in [0, 0.1) is 0 Å². The van der Waals surface area contributed by atoms with E-state index in [-0.39, 0.29) is 12.1 Å². The predicted molar refractivity (Wildman–Crippen MR) is 182 cm³/mol. The van der Waals surface area contributed by atoms with Gasteiger partial charge in [0.1, 0.15) is 11.5 Å². The minimum atomic E-state index is 0.0352. The average Bonchev–Trinajstić information content (AvgIpc) is 3.37. The van der Waals surface area contributed by atoms with Crippen LogP contribution in [-0.2, 0) is 5.41 Å². The summed E-state index contributed by atoms with van der Waals surface area (Å²) >= 11 is 0. The maximum Gasteiger partial charge on any atom is 0.256 e. The standard InChI is InChI=1S/C40H30BNO/c1-40(2,3)29-18-20-36-32(24-29)41-33-23-28(26-13-8-5-9-14-26)22-31-30-21-27(25-11-6-4-7-12-25)17-19-34(30)42(39(31)33)35-15-10-16-37(43-36)38(35)41/h4-24H,1-3H3. The monoisotopic (exact) mass is 551 g/mol. The van der Waals surface area contributed by atoms with Gasteiger partial charge in [0.2, 0.25) is 0 Å². The Balaban J connectivity index is 1.43. The number of rotatable bonds is 2. The summed E-state index contributed by atoms with van der Waals surface area (Å²) in [6.07, 6.45) is 0. The molecule has 0 saturated heterocycles. The Kier molecular flexibility index (Phi) is 5.00. The van der Waals surface area contributed by atoms with Gasteiger partial charge in [0.25, 0.3) is 6.71 Å². The molecule has 3 heteroatoms. The smallest absolute Gasteiger partial charge is 0.256 e. The second-order valence-electron chi connectivity index (χ2n) is 13.0. The molecule has 7 aromatic rings. The lowest BCUT2D eigenvalue weighted by Gasteiger charge is -2.34. The third kappa shape index (κ3) is 3.55. The van der Waals surface area contributed by atoms with Gasteiger partial charge in [-0.05, 0) is 86.0 Å². The molecule has 0 fully saturated rings. The summed E-state index contributed by atoms with van der Waals surface area (Å²) in [5.41, 5.74) is 13.9. The summed E-state index contributed by atoms with van der Waals surface area (Å²) in [6.45, 7) is 6.94. The molecule has 2 nitrogen and oxygen atoms in total. The molecule has 43 heavy (non-hydrogen) atoms. The van der Waals surface area contributed by atoms with Gasteiger partial charge in [0.15, 0.2) is 0 Å². The van der Waals surface area contributed by atoms with E-state index < -0.39 is 0 Å². The summed E-state index contributed by atoms with van der Waals surface area (Å²) in [7, 11) is 0. The molecule has 0 amide bonds. The Labute approximate surface area is 252 Å². The number of ether oxygens (including phenoxy) is 1. The van der Waals surface area contributed by atoms with Crippen molar-refractivity contribution in [1.29, 1.82) is 0 Å². The Morgan fingerprint density at radius 1 is 0.558 bits per heavy atom. The van der Waals surface area contributed by atoms with E-state index in [4.69, 9.17) is 4.74 Å². The third-order valence-corrected chi connectivity index (χ3v) is 9.40. The molecule has 0 unspecified atom stereocenters. The lowest BCUT2D eigenvalue weighted by Crippen LogP contribution is -2.58. The molecular weight excluding hydrogens is 521 g/mol. The van der Waals surface area contributed by atoms with Crippen molar-refractivity contribution in [1.82, 2.24) is 4.57 Å². The molecule has 1 aromatic heterocycles. The summed E-state index contributed by atoms with van der Waals surface area (Å²) in [5, 5.41) is 2.57. The highest BCUT2D eigenvalue weighted by Crippen LogP contribution is 2.40. The molecule has 0 N–H and O–H groups in total. The Morgan fingerprint density at radius 2 is 1.28 bits per heavy atom. The van der Waals surface area contributed by atoms with Crippen LogP contribution < -0.4 is 21.1 Å². The first-order chi connectivity index (χ1) is 21.0. The molecule has 6 aromatic carbocycles. The molecular formula is C40H30BNO. The molecule has 0 bridgehead atoms. The SMILES string of the molecule is CC(C)(C)c1ccc2c(c1)B1c3c(cccc3-n3c4ccc(-c5ccccc5)cc4c4cc(-c5ccccc5)cc1c43)O2. The van der Waals surface area contributed by atoms with Crippen molar-refractivity contribution in [2.45, 2.75) is 26.2 Å². The molecule has 0 saturated carbocycles. The topological polar surface area (TPSA) is 14.2 Å². The number of hydrogen-bond donors (Lipinski definition) is 0. The highest BCUT2D eigenvalue weighted by atomic mass is 16.5. The second kappa shape index (κ2) is 8.75. The first-order valence-electron chi connectivity index (χ1n) is 15.1. The molecule has 0 spiro atoms. The van der Waals surface area contributed by atoms with Crippen LogP contribution in [0.5, 0.6) is 11.5 Å². The van der Waals surface area contributed by atoms with Crippen LogP contribution in [0.4, 0.5) is 0 Å². The van der Waals surface area contributed by atoms with Gasteiger partial charge >= 0.3 is 0 Å². The van der Waals surface area contributed by atoms with E-state index in [2.05, 4.69) is 153 Å². The lowest BCUT2D eigenvalue weighted by atomic mass is 9.34. The van der Waals surface area contributed by atoms with Gasteiger partial charge in [0.05, 0.1) is 5.52 Å². The van der Waals surface area contributed by atoms with Crippen molar-refractivity contribution < 1.29 is 4.74 Å². The van der Waals surface area contributed by atoms with E-state index in [0.29, 0.717) is 0 Å². The predicted octanol–water partition coefficient (Wildman–Crippen LogP) is 8.35. The van der Waals surface area contributed by atoms with Crippen LogP contribution in [0.1, 0.15) is 26.3 Å². The van der Waals surface area contributed by atoms with Gasteiger partial charge in [-0.15, -0.1) is 0 Å². The quantitative estimate of drug-likeness (QED) is 0.197. The van der Waals surface area contributed by atoms with E-state index >= 15 is 0 Å². The van der Waals surface area contributed by atoms with Gasteiger partial charge in [-0.3, -0.25) is 0 Å². The first kappa shape index (κ1) is 24.6. The van der Waals surface area contributed by atoms with Crippen molar-refractivity contribution in [2.24, 2.45) is 0 Å². The van der Waals surface area contributed by atoms with Gasteiger partial charge in [-0.2, -0.15) is 0 Å². The van der Waals surface area contributed by atoms with Gasteiger partial charge in [-0.1, -0.05) is 112 Å². The third-order valence-electron chi connectivity index (χ3n) is 9.40. The van der Waals surface area contributed by atoms with Crippen LogP contribution >= 0.6 is 0 Å². The fourth-order valence-electron chi connectivity index (χ4n) is 7.29. The van der Waals surface area contributed by atoms with Gasteiger partial charge in [0, 0.05) is 22.0 Å². The fourth-order valence-corrected chi connectivity index (χ4v) is 7.29. The normalized spacial score (nSPS) is 13.1. The van der Waals surface area contributed by atoms with E-state index in [9.17, 15) is 0 Å². The minimum Gasteiger partial charge on any atom is -0.458 e. The first-order valence-corrected chi connectivity index (χ1v) is 15.1. The van der Waals surface area contributed by atoms with E-state index in [1.807, 2.05) is 0 Å². The molecule has 204 valence electrons. The van der Waals surface area contributed by atoms with Gasteiger partial charge in [-0.25, -0.2) is 0 Å². The Bertz CT molecular complexity index is 2240. The highest BCUT2D eigenvalue weighted by Gasteiger charge is 2.41. The number of nitrogens with zero attached hydrogens (tertiary/aromatic N) is 1. The van der Waals surface area contributed by atoms with Crippen molar-refractivity contribution >= 4 is 44.9 Å². The van der Waals surface area contributed by atoms with Crippen molar-refractivity contribution in [2.75, 3.05) is 0 Å². The van der Waals surface area contributed by atoms with Crippen LogP contribution in [-0.4, -0.2) is 11.3 Å². The fraction of sp³-hybridized carbons (Fsp3) is 0.100. The summed E-state index contributed by atoms with van der Waals surface area (Å²) in [4.78, 5) is 0. The Morgan fingerprint density at radius 3 is 2.02 bits per heavy atom. The zero-order chi connectivity index (χ0) is 28.9. The Hall–Kier alpha value is -5.02. The molecule has 3 heterocycles. The summed E-state index contributed by atoms with van der Waals surface area (Å²) in [6, 6.07) is 46.6. The maximum atomic E-state index is 6.67. The summed E-state index contributed by atoms with van der Waals surface area (Å²) < 4.78 is 9.16. The number of aromatic nitrogens is 1.